The number of halogens is 2. The van der Waals surface area contributed by atoms with Gasteiger partial charge in [-0.25, -0.2) is 4.98 Å². The molecule has 1 aliphatic rings. The Morgan fingerprint density at radius 1 is 1.28 bits per heavy atom. The highest BCUT2D eigenvalue weighted by atomic mass is 19.3. The molecular formula is C18H22F2N4O. The van der Waals surface area contributed by atoms with Gasteiger partial charge in [-0.2, -0.15) is 8.78 Å². The number of anilines is 1. The van der Waals surface area contributed by atoms with Gasteiger partial charge in [-0.05, 0) is 36.6 Å². The van der Waals surface area contributed by atoms with Crippen molar-refractivity contribution in [2.24, 2.45) is 5.92 Å². The number of hydrogen-bond donors (Lipinski definition) is 1. The van der Waals surface area contributed by atoms with Crippen LogP contribution in [0.5, 0.6) is 5.75 Å². The Morgan fingerprint density at radius 2 is 2.16 bits per heavy atom. The molecule has 2 atom stereocenters. The molecule has 0 aromatic carbocycles. The average molecular weight is 348 g/mol. The summed E-state index contributed by atoms with van der Waals surface area (Å²) in [6, 6.07) is 9.45. The van der Waals surface area contributed by atoms with Crippen LogP contribution in [0.15, 0.2) is 42.7 Å². The molecule has 0 saturated carbocycles. The molecular weight excluding hydrogens is 326 g/mol. The van der Waals surface area contributed by atoms with Gasteiger partial charge in [0.25, 0.3) is 0 Å². The number of piperidine rings is 1. The number of rotatable bonds is 6. The summed E-state index contributed by atoms with van der Waals surface area (Å²) in [6.45, 7) is 2.18. The van der Waals surface area contributed by atoms with Crippen molar-refractivity contribution in [3.05, 3.63) is 48.4 Å². The van der Waals surface area contributed by atoms with E-state index < -0.39 is 6.61 Å². The third kappa shape index (κ3) is 5.09. The molecule has 2 aromatic heterocycles. The summed E-state index contributed by atoms with van der Waals surface area (Å²) in [7, 11) is 0. The van der Waals surface area contributed by atoms with Gasteiger partial charge in [-0.1, -0.05) is 13.0 Å². The number of alkyl halides is 2. The fourth-order valence-electron chi connectivity index (χ4n) is 3.14. The third-order valence-electron chi connectivity index (χ3n) is 4.40. The van der Waals surface area contributed by atoms with Gasteiger partial charge < -0.3 is 10.1 Å². The maximum Gasteiger partial charge on any atom is 0.387 e. The minimum Gasteiger partial charge on any atom is -0.433 e. The van der Waals surface area contributed by atoms with E-state index in [0.29, 0.717) is 17.8 Å². The first kappa shape index (κ1) is 17.5. The first-order valence-electron chi connectivity index (χ1n) is 8.40. The number of nitrogens with one attached hydrogen (secondary N) is 1. The van der Waals surface area contributed by atoms with E-state index in [-0.39, 0.29) is 5.75 Å². The molecule has 134 valence electrons. The molecule has 1 fully saturated rings. The molecule has 1 saturated heterocycles. The summed E-state index contributed by atoms with van der Waals surface area (Å²) in [5.74, 6) is 1.19. The predicted molar refractivity (Wildman–Crippen MR) is 91.6 cm³/mol. The molecule has 0 amide bonds. The highest BCUT2D eigenvalue weighted by molar-refractivity contribution is 5.38. The third-order valence-corrected chi connectivity index (χ3v) is 4.40. The Balaban J connectivity index is 1.51. The van der Waals surface area contributed by atoms with Crippen LogP contribution < -0.4 is 10.1 Å². The van der Waals surface area contributed by atoms with Crippen LogP contribution >= 0.6 is 0 Å². The standard InChI is InChI=1S/C18H22F2N4O/c1-13-11-24(12-14-4-2-3-8-21-14)9-7-16(13)23-17-6-5-15(10-22-17)25-18(19)20/h2-6,8,10,13,16,18H,7,9,11-12H2,1H3,(H,22,23)/t13-,16-/m0/s1. The van der Waals surface area contributed by atoms with Crippen molar-refractivity contribution >= 4 is 5.82 Å². The lowest BCUT2D eigenvalue weighted by Crippen LogP contribution is -2.45. The molecule has 2 aromatic rings. The van der Waals surface area contributed by atoms with Crippen molar-refractivity contribution in [2.75, 3.05) is 18.4 Å². The Labute approximate surface area is 146 Å². The molecule has 0 radical (unpaired) electrons. The fraction of sp³-hybridized carbons (Fsp3) is 0.444. The van der Waals surface area contributed by atoms with Gasteiger partial charge >= 0.3 is 6.61 Å². The van der Waals surface area contributed by atoms with Gasteiger partial charge in [0.1, 0.15) is 11.6 Å². The Hall–Kier alpha value is -2.28. The van der Waals surface area contributed by atoms with E-state index in [9.17, 15) is 8.78 Å². The van der Waals surface area contributed by atoms with E-state index in [2.05, 4.69) is 31.8 Å². The molecule has 0 bridgehead atoms. The van der Waals surface area contributed by atoms with Crippen LogP contribution in [0.2, 0.25) is 0 Å². The van der Waals surface area contributed by atoms with E-state index in [1.165, 1.54) is 12.3 Å². The van der Waals surface area contributed by atoms with Gasteiger partial charge in [0.2, 0.25) is 0 Å². The minimum absolute atomic E-state index is 0.0683. The smallest absolute Gasteiger partial charge is 0.387 e. The largest absolute Gasteiger partial charge is 0.433 e. The molecule has 3 rings (SSSR count). The lowest BCUT2D eigenvalue weighted by atomic mass is 9.93. The van der Waals surface area contributed by atoms with Crippen molar-refractivity contribution in [1.29, 1.82) is 0 Å². The molecule has 5 nitrogen and oxygen atoms in total. The summed E-state index contributed by atoms with van der Waals surface area (Å²) in [5, 5.41) is 3.40. The van der Waals surface area contributed by atoms with E-state index in [1.54, 1.807) is 6.07 Å². The van der Waals surface area contributed by atoms with Crippen molar-refractivity contribution in [3.8, 4) is 5.75 Å². The molecule has 25 heavy (non-hydrogen) atoms. The van der Waals surface area contributed by atoms with Crippen LogP contribution in [0.3, 0.4) is 0 Å². The first-order valence-corrected chi connectivity index (χ1v) is 8.40. The quantitative estimate of drug-likeness (QED) is 0.867. The average Bonchev–Trinajstić information content (AvgIpc) is 2.59. The van der Waals surface area contributed by atoms with Crippen LogP contribution in [0.25, 0.3) is 0 Å². The normalized spacial score (nSPS) is 21.3. The fourth-order valence-corrected chi connectivity index (χ4v) is 3.14. The van der Waals surface area contributed by atoms with Gasteiger partial charge in [0.15, 0.2) is 0 Å². The van der Waals surface area contributed by atoms with Gasteiger partial charge in [-0.3, -0.25) is 9.88 Å². The topological polar surface area (TPSA) is 50.3 Å². The zero-order valence-corrected chi connectivity index (χ0v) is 14.1. The molecule has 1 aliphatic heterocycles. The van der Waals surface area contributed by atoms with E-state index in [1.807, 2.05) is 24.4 Å². The molecule has 1 N–H and O–H groups in total. The van der Waals surface area contributed by atoms with Crippen LogP contribution in [0.1, 0.15) is 19.0 Å². The van der Waals surface area contributed by atoms with Crippen LogP contribution in [0.4, 0.5) is 14.6 Å². The number of pyridine rings is 2. The summed E-state index contributed by atoms with van der Waals surface area (Å²) in [5.41, 5.74) is 1.08. The van der Waals surface area contributed by atoms with Crippen molar-refractivity contribution in [1.82, 2.24) is 14.9 Å². The molecule has 0 unspecified atom stereocenters. The lowest BCUT2D eigenvalue weighted by molar-refractivity contribution is -0.0500. The van der Waals surface area contributed by atoms with Crippen molar-refractivity contribution < 1.29 is 13.5 Å². The van der Waals surface area contributed by atoms with Gasteiger partial charge in [0, 0.05) is 31.9 Å². The molecule has 3 heterocycles. The molecule has 0 aliphatic carbocycles. The van der Waals surface area contributed by atoms with Crippen LogP contribution in [0, 0.1) is 5.92 Å². The summed E-state index contributed by atoms with van der Waals surface area (Å²) >= 11 is 0. The first-order chi connectivity index (χ1) is 12.1. The number of likely N-dealkylation sites (tertiary alicyclic amines) is 1. The number of aromatic nitrogens is 2. The lowest BCUT2D eigenvalue weighted by Gasteiger charge is -2.37. The molecule has 7 heteroatoms. The second kappa shape index (κ2) is 8.20. The Kier molecular flexibility index (Phi) is 5.75. The van der Waals surface area contributed by atoms with Crippen molar-refractivity contribution in [3.63, 3.8) is 0 Å². The Bertz CT molecular complexity index is 654. The SMILES string of the molecule is C[C@H]1CN(Cc2ccccn2)CC[C@@H]1Nc1ccc(OC(F)F)cn1. The van der Waals surface area contributed by atoms with E-state index >= 15 is 0 Å². The van der Waals surface area contributed by atoms with Crippen LogP contribution in [-0.2, 0) is 6.54 Å². The maximum absolute atomic E-state index is 12.2. The van der Waals surface area contributed by atoms with Crippen LogP contribution in [-0.4, -0.2) is 40.6 Å². The summed E-state index contributed by atoms with van der Waals surface area (Å²) < 4.78 is 28.6. The molecule has 0 spiro atoms. The van der Waals surface area contributed by atoms with Gasteiger partial charge in [-0.15, -0.1) is 0 Å². The van der Waals surface area contributed by atoms with Crippen molar-refractivity contribution in [2.45, 2.75) is 32.5 Å². The second-order valence-corrected chi connectivity index (χ2v) is 6.33. The minimum atomic E-state index is -2.83. The van der Waals surface area contributed by atoms with Gasteiger partial charge in [0.05, 0.1) is 11.9 Å². The zero-order chi connectivity index (χ0) is 17.6. The predicted octanol–water partition coefficient (Wildman–Crippen LogP) is 3.40. The maximum atomic E-state index is 12.2. The number of ether oxygens (including phenoxy) is 1. The second-order valence-electron chi connectivity index (χ2n) is 6.33. The van der Waals surface area contributed by atoms with E-state index in [4.69, 9.17) is 0 Å². The summed E-state index contributed by atoms with van der Waals surface area (Å²) in [4.78, 5) is 10.9. The number of nitrogens with zero attached hydrogens (tertiary/aromatic N) is 3. The highest BCUT2D eigenvalue weighted by Crippen LogP contribution is 2.22. The highest BCUT2D eigenvalue weighted by Gasteiger charge is 2.26. The zero-order valence-electron chi connectivity index (χ0n) is 14.1. The monoisotopic (exact) mass is 348 g/mol. The Morgan fingerprint density at radius 3 is 2.80 bits per heavy atom. The summed E-state index contributed by atoms with van der Waals surface area (Å²) in [6.07, 6.45) is 4.13. The number of hydrogen-bond acceptors (Lipinski definition) is 5. The van der Waals surface area contributed by atoms with E-state index in [0.717, 1.165) is 31.7 Å².